The number of nitrogens with zero attached hydrogens (tertiary/aromatic N) is 1. The van der Waals surface area contributed by atoms with Gasteiger partial charge in [-0.1, -0.05) is 6.92 Å². The maximum Gasteiger partial charge on any atom is 0.0900 e. The summed E-state index contributed by atoms with van der Waals surface area (Å²) in [5.74, 6) is 0. The molecule has 0 amide bonds. The van der Waals surface area contributed by atoms with Crippen LogP contribution >= 0.6 is 0 Å². The van der Waals surface area contributed by atoms with Gasteiger partial charge in [-0.25, -0.2) is 0 Å². The Morgan fingerprint density at radius 3 is 2.62 bits per heavy atom. The number of aliphatic hydroxyl groups is 2. The van der Waals surface area contributed by atoms with E-state index in [9.17, 15) is 10.2 Å². The Bertz CT molecular complexity index is 194. The minimum absolute atomic E-state index is 0.324. The monoisotopic (exact) mass is 233 g/mol. The quantitative estimate of drug-likeness (QED) is 0.552. The summed E-state index contributed by atoms with van der Waals surface area (Å²) in [5.41, 5.74) is -0.531. The van der Waals surface area contributed by atoms with Gasteiger partial charge in [0.25, 0.3) is 0 Å². The third kappa shape index (κ3) is 4.35. The Morgan fingerprint density at radius 1 is 1.38 bits per heavy atom. The first kappa shape index (κ1) is 13.9. The summed E-state index contributed by atoms with van der Waals surface area (Å²) < 4.78 is 10.0. The summed E-state index contributed by atoms with van der Waals surface area (Å²) in [5, 5.41) is 19.4. The van der Waals surface area contributed by atoms with Gasteiger partial charge in [0.05, 0.1) is 31.5 Å². The van der Waals surface area contributed by atoms with Gasteiger partial charge in [-0.2, -0.15) is 0 Å². The van der Waals surface area contributed by atoms with Crippen LogP contribution in [0.25, 0.3) is 0 Å². The standard InChI is InChI=1S/C11H23NO4/c1-3-11(14)8-12(9-11)6-10(13)7-16-5-4-15-2/h10,13-14H,3-9H2,1-2H3. The highest BCUT2D eigenvalue weighted by Crippen LogP contribution is 2.23. The highest BCUT2D eigenvalue weighted by molar-refractivity contribution is 4.94. The number of likely N-dealkylation sites (tertiary alicyclic amines) is 1. The second-order valence-corrected chi connectivity index (χ2v) is 4.47. The summed E-state index contributed by atoms with van der Waals surface area (Å²) in [4.78, 5) is 2.04. The second kappa shape index (κ2) is 6.51. The zero-order valence-electron chi connectivity index (χ0n) is 10.2. The zero-order chi connectivity index (χ0) is 12.0. The van der Waals surface area contributed by atoms with E-state index in [1.54, 1.807) is 7.11 Å². The molecule has 16 heavy (non-hydrogen) atoms. The fourth-order valence-electron chi connectivity index (χ4n) is 1.85. The first-order chi connectivity index (χ1) is 7.59. The molecule has 0 saturated carbocycles. The van der Waals surface area contributed by atoms with Crippen molar-refractivity contribution in [2.24, 2.45) is 0 Å². The molecule has 5 heteroatoms. The molecule has 0 aliphatic carbocycles. The van der Waals surface area contributed by atoms with Gasteiger partial charge >= 0.3 is 0 Å². The minimum Gasteiger partial charge on any atom is -0.389 e. The Balaban J connectivity index is 2.01. The van der Waals surface area contributed by atoms with Gasteiger partial charge in [0.15, 0.2) is 0 Å². The van der Waals surface area contributed by atoms with Crippen molar-refractivity contribution in [1.82, 2.24) is 4.90 Å². The molecular formula is C11H23NO4. The molecule has 2 N–H and O–H groups in total. The van der Waals surface area contributed by atoms with E-state index in [0.717, 1.165) is 6.42 Å². The van der Waals surface area contributed by atoms with Crippen LogP contribution < -0.4 is 0 Å². The van der Waals surface area contributed by atoms with Gasteiger partial charge in [-0.3, -0.25) is 4.90 Å². The summed E-state index contributed by atoms with van der Waals surface area (Å²) in [6, 6.07) is 0. The summed E-state index contributed by atoms with van der Waals surface area (Å²) >= 11 is 0. The molecule has 1 aliphatic heterocycles. The van der Waals surface area contributed by atoms with Crippen molar-refractivity contribution >= 4 is 0 Å². The zero-order valence-corrected chi connectivity index (χ0v) is 10.2. The number of aliphatic hydroxyl groups excluding tert-OH is 1. The first-order valence-corrected chi connectivity index (χ1v) is 5.79. The molecule has 1 heterocycles. The van der Waals surface area contributed by atoms with E-state index < -0.39 is 11.7 Å². The lowest BCUT2D eigenvalue weighted by Crippen LogP contribution is -2.62. The molecule has 0 radical (unpaired) electrons. The largest absolute Gasteiger partial charge is 0.389 e. The number of rotatable bonds is 8. The SMILES string of the molecule is CCC1(O)CN(CC(O)COCCOC)C1. The van der Waals surface area contributed by atoms with Crippen molar-refractivity contribution in [1.29, 1.82) is 0 Å². The average Bonchev–Trinajstić information content (AvgIpc) is 2.22. The van der Waals surface area contributed by atoms with Crippen LogP contribution in [-0.2, 0) is 9.47 Å². The van der Waals surface area contributed by atoms with E-state index in [-0.39, 0.29) is 0 Å². The van der Waals surface area contributed by atoms with Crippen LogP contribution in [0.4, 0.5) is 0 Å². The van der Waals surface area contributed by atoms with Crippen LogP contribution in [0.2, 0.25) is 0 Å². The van der Waals surface area contributed by atoms with Gasteiger partial charge in [0, 0.05) is 26.7 Å². The molecule has 0 aromatic rings. The Morgan fingerprint density at radius 2 is 2.06 bits per heavy atom. The third-order valence-electron chi connectivity index (χ3n) is 2.90. The van der Waals surface area contributed by atoms with E-state index in [1.165, 1.54) is 0 Å². The molecule has 96 valence electrons. The number of hydrogen-bond donors (Lipinski definition) is 2. The minimum atomic E-state index is -0.531. The van der Waals surface area contributed by atoms with E-state index in [1.807, 2.05) is 11.8 Å². The van der Waals surface area contributed by atoms with Crippen molar-refractivity contribution in [3.63, 3.8) is 0 Å². The van der Waals surface area contributed by atoms with Gasteiger partial charge < -0.3 is 19.7 Å². The van der Waals surface area contributed by atoms with Crippen molar-refractivity contribution < 1.29 is 19.7 Å². The van der Waals surface area contributed by atoms with E-state index in [2.05, 4.69) is 0 Å². The third-order valence-corrected chi connectivity index (χ3v) is 2.90. The number of β-amino-alcohol motifs (C(OH)–C–C–N with tert-alkyl or cyclic N) is 2. The van der Waals surface area contributed by atoms with Crippen molar-refractivity contribution in [3.05, 3.63) is 0 Å². The van der Waals surface area contributed by atoms with Gasteiger partial charge in [0.2, 0.25) is 0 Å². The van der Waals surface area contributed by atoms with Crippen LogP contribution in [0, 0.1) is 0 Å². The van der Waals surface area contributed by atoms with E-state index in [0.29, 0.717) is 39.5 Å². The topological polar surface area (TPSA) is 62.2 Å². The Kier molecular flexibility index (Phi) is 5.64. The van der Waals surface area contributed by atoms with Crippen LogP contribution in [0.1, 0.15) is 13.3 Å². The fraction of sp³-hybridized carbons (Fsp3) is 1.00. The predicted octanol–water partition coefficient (Wildman–Crippen LogP) is -0.533. The molecule has 0 spiro atoms. The van der Waals surface area contributed by atoms with Gasteiger partial charge in [-0.15, -0.1) is 0 Å². The smallest absolute Gasteiger partial charge is 0.0900 e. The average molecular weight is 233 g/mol. The van der Waals surface area contributed by atoms with Crippen molar-refractivity contribution in [2.75, 3.05) is 46.6 Å². The van der Waals surface area contributed by atoms with Crippen LogP contribution in [0.3, 0.4) is 0 Å². The van der Waals surface area contributed by atoms with Crippen LogP contribution in [0.15, 0.2) is 0 Å². The van der Waals surface area contributed by atoms with Crippen LogP contribution in [0.5, 0.6) is 0 Å². The van der Waals surface area contributed by atoms with E-state index >= 15 is 0 Å². The lowest BCUT2D eigenvalue weighted by Gasteiger charge is -2.46. The maximum atomic E-state index is 9.78. The second-order valence-electron chi connectivity index (χ2n) is 4.47. The molecule has 5 nitrogen and oxygen atoms in total. The maximum absolute atomic E-state index is 9.78. The predicted molar refractivity (Wildman–Crippen MR) is 60.4 cm³/mol. The highest BCUT2D eigenvalue weighted by Gasteiger charge is 2.39. The number of methoxy groups -OCH3 is 1. The van der Waals surface area contributed by atoms with Crippen molar-refractivity contribution in [2.45, 2.75) is 25.0 Å². The summed E-state index contributed by atoms with van der Waals surface area (Å²) in [6.07, 6.45) is 0.280. The molecular weight excluding hydrogens is 210 g/mol. The number of ether oxygens (including phenoxy) is 2. The summed E-state index contributed by atoms with van der Waals surface area (Å²) in [6.45, 7) is 5.22. The molecule has 1 fully saturated rings. The molecule has 0 bridgehead atoms. The molecule has 1 unspecified atom stereocenters. The van der Waals surface area contributed by atoms with Crippen LogP contribution in [-0.4, -0.2) is 73.4 Å². The lowest BCUT2D eigenvalue weighted by molar-refractivity contribution is -0.115. The highest BCUT2D eigenvalue weighted by atomic mass is 16.5. The molecule has 1 atom stereocenters. The Labute approximate surface area is 97.0 Å². The normalized spacial score (nSPS) is 21.8. The summed E-state index contributed by atoms with van der Waals surface area (Å²) in [7, 11) is 1.62. The van der Waals surface area contributed by atoms with Gasteiger partial charge in [-0.05, 0) is 6.42 Å². The molecule has 1 saturated heterocycles. The number of hydrogen-bond acceptors (Lipinski definition) is 5. The molecule has 0 aromatic heterocycles. The Hall–Kier alpha value is -0.200. The van der Waals surface area contributed by atoms with Gasteiger partial charge in [0.1, 0.15) is 0 Å². The van der Waals surface area contributed by atoms with Crippen molar-refractivity contribution in [3.8, 4) is 0 Å². The molecule has 1 rings (SSSR count). The lowest BCUT2D eigenvalue weighted by atomic mass is 9.91. The first-order valence-electron chi connectivity index (χ1n) is 5.79. The molecule has 1 aliphatic rings. The fourth-order valence-corrected chi connectivity index (χ4v) is 1.85. The molecule has 0 aromatic carbocycles. The van der Waals surface area contributed by atoms with E-state index in [4.69, 9.17) is 9.47 Å².